The van der Waals surface area contributed by atoms with Gasteiger partial charge < -0.3 is 0 Å². The Balaban J connectivity index is 2.82. The molecule has 73 valence electrons. The number of hydrogen-bond acceptors (Lipinski definition) is 0. The molecule has 1 N–H and O–H groups in total. The van der Waals surface area contributed by atoms with Gasteiger partial charge in [0.25, 0.3) is 0 Å². The number of rotatable bonds is 8. The van der Waals surface area contributed by atoms with Crippen LogP contribution in [-0.2, 0) is 0 Å². The van der Waals surface area contributed by atoms with Gasteiger partial charge in [0.1, 0.15) is 0 Å². The second-order valence-electron chi connectivity index (χ2n) is 3.81. The van der Waals surface area contributed by atoms with Crippen LogP contribution in [0.25, 0.3) is 0 Å². The molecule has 1 unspecified atom stereocenters. The van der Waals surface area contributed by atoms with E-state index in [1.54, 1.807) is 0 Å². The SMILES string of the molecule is CCCCCCCCCC(C)[NH]. The highest BCUT2D eigenvalue weighted by molar-refractivity contribution is 4.52. The molecule has 0 aliphatic heterocycles. The third kappa shape index (κ3) is 9.96. The summed E-state index contributed by atoms with van der Waals surface area (Å²) < 4.78 is 0. The first-order valence-corrected chi connectivity index (χ1v) is 5.48. The van der Waals surface area contributed by atoms with Crippen LogP contribution in [0.1, 0.15) is 65.2 Å². The van der Waals surface area contributed by atoms with Crippen molar-refractivity contribution in [2.75, 3.05) is 0 Å². The molecule has 1 nitrogen and oxygen atoms in total. The summed E-state index contributed by atoms with van der Waals surface area (Å²) in [6, 6.07) is 0.153. The average Bonchev–Trinajstić information content (AvgIpc) is 2.02. The third-order valence-corrected chi connectivity index (χ3v) is 2.24. The molecular weight excluding hydrogens is 146 g/mol. The molecular formula is C11H24N. The molecule has 0 fully saturated rings. The molecule has 0 rings (SSSR count). The fraction of sp³-hybridized carbons (Fsp3) is 1.00. The minimum absolute atomic E-state index is 0.153. The van der Waals surface area contributed by atoms with Gasteiger partial charge in [-0.05, 0) is 13.3 Å². The predicted molar refractivity (Wildman–Crippen MR) is 55.2 cm³/mol. The average molecular weight is 170 g/mol. The molecule has 12 heavy (non-hydrogen) atoms. The second kappa shape index (κ2) is 9.05. The molecule has 0 aliphatic carbocycles. The van der Waals surface area contributed by atoms with Gasteiger partial charge in [-0.3, -0.25) is 5.73 Å². The molecule has 0 amide bonds. The van der Waals surface area contributed by atoms with Crippen LogP contribution in [0.4, 0.5) is 0 Å². The number of hydrogen-bond donors (Lipinski definition) is 0. The van der Waals surface area contributed by atoms with Crippen LogP contribution in [0.2, 0.25) is 0 Å². The lowest BCUT2D eigenvalue weighted by Gasteiger charge is -2.03. The first kappa shape index (κ1) is 12.0. The van der Waals surface area contributed by atoms with E-state index in [-0.39, 0.29) is 6.04 Å². The topological polar surface area (TPSA) is 23.8 Å². The minimum atomic E-state index is 0.153. The molecule has 0 aromatic heterocycles. The molecule has 0 saturated heterocycles. The van der Waals surface area contributed by atoms with Gasteiger partial charge in [-0.25, -0.2) is 0 Å². The Morgan fingerprint density at radius 1 is 0.917 bits per heavy atom. The van der Waals surface area contributed by atoms with Crippen LogP contribution in [0, 0.1) is 0 Å². The van der Waals surface area contributed by atoms with Gasteiger partial charge >= 0.3 is 0 Å². The summed E-state index contributed by atoms with van der Waals surface area (Å²) in [7, 11) is 0. The molecule has 0 saturated carbocycles. The summed E-state index contributed by atoms with van der Waals surface area (Å²) in [5.41, 5.74) is 7.32. The van der Waals surface area contributed by atoms with Crippen LogP contribution in [0.15, 0.2) is 0 Å². The molecule has 1 atom stereocenters. The van der Waals surface area contributed by atoms with E-state index in [9.17, 15) is 0 Å². The van der Waals surface area contributed by atoms with E-state index in [1.165, 1.54) is 44.9 Å². The highest BCUT2D eigenvalue weighted by Crippen LogP contribution is 2.08. The summed E-state index contributed by atoms with van der Waals surface area (Å²) in [5, 5.41) is 0. The molecule has 0 aromatic rings. The van der Waals surface area contributed by atoms with Gasteiger partial charge in [0, 0.05) is 6.04 Å². The zero-order chi connectivity index (χ0) is 9.23. The Morgan fingerprint density at radius 3 is 1.92 bits per heavy atom. The largest absolute Gasteiger partial charge is 0.255 e. The molecule has 0 heterocycles. The maximum Gasteiger partial charge on any atom is 0.0184 e. The Labute approximate surface area is 77.7 Å². The smallest absolute Gasteiger partial charge is 0.0184 e. The first-order chi connectivity index (χ1) is 5.77. The Hall–Kier alpha value is -0.0400. The standard InChI is InChI=1S/C11H24N/c1-3-4-5-6-7-8-9-10-11(2)12/h11-12H,3-10H2,1-2H3. The van der Waals surface area contributed by atoms with Crippen molar-refractivity contribution in [3.05, 3.63) is 0 Å². The van der Waals surface area contributed by atoms with E-state index in [1.807, 2.05) is 6.92 Å². The van der Waals surface area contributed by atoms with Crippen LogP contribution >= 0.6 is 0 Å². The third-order valence-electron chi connectivity index (χ3n) is 2.24. The van der Waals surface area contributed by atoms with Crippen molar-refractivity contribution in [1.82, 2.24) is 5.73 Å². The Morgan fingerprint density at radius 2 is 1.42 bits per heavy atom. The van der Waals surface area contributed by atoms with Crippen molar-refractivity contribution in [1.29, 1.82) is 0 Å². The van der Waals surface area contributed by atoms with Crippen molar-refractivity contribution in [2.24, 2.45) is 0 Å². The van der Waals surface area contributed by atoms with Gasteiger partial charge in [0.05, 0.1) is 0 Å². The molecule has 0 bridgehead atoms. The van der Waals surface area contributed by atoms with Crippen molar-refractivity contribution >= 4 is 0 Å². The quantitative estimate of drug-likeness (QED) is 0.495. The van der Waals surface area contributed by atoms with Gasteiger partial charge in [-0.15, -0.1) is 0 Å². The normalized spacial score (nSPS) is 13.2. The lowest BCUT2D eigenvalue weighted by Crippen LogP contribution is -2.00. The van der Waals surface area contributed by atoms with E-state index >= 15 is 0 Å². The summed E-state index contributed by atoms with van der Waals surface area (Å²) >= 11 is 0. The van der Waals surface area contributed by atoms with Gasteiger partial charge in [-0.1, -0.05) is 51.9 Å². The second-order valence-corrected chi connectivity index (χ2v) is 3.81. The van der Waals surface area contributed by atoms with Crippen molar-refractivity contribution in [2.45, 2.75) is 71.3 Å². The zero-order valence-electron chi connectivity index (χ0n) is 8.73. The fourth-order valence-electron chi connectivity index (χ4n) is 1.41. The van der Waals surface area contributed by atoms with E-state index in [4.69, 9.17) is 5.73 Å². The lowest BCUT2D eigenvalue weighted by atomic mass is 10.1. The summed E-state index contributed by atoms with van der Waals surface area (Å²) in [4.78, 5) is 0. The maximum atomic E-state index is 7.32. The highest BCUT2D eigenvalue weighted by atomic mass is 14.6. The monoisotopic (exact) mass is 170 g/mol. The molecule has 1 radical (unpaired) electrons. The van der Waals surface area contributed by atoms with Crippen LogP contribution < -0.4 is 5.73 Å². The molecule has 1 heteroatoms. The van der Waals surface area contributed by atoms with Crippen molar-refractivity contribution < 1.29 is 0 Å². The van der Waals surface area contributed by atoms with Crippen LogP contribution in [0.5, 0.6) is 0 Å². The van der Waals surface area contributed by atoms with Crippen molar-refractivity contribution in [3.63, 3.8) is 0 Å². The lowest BCUT2D eigenvalue weighted by molar-refractivity contribution is 0.541. The Bertz CT molecular complexity index is 79.1. The Kier molecular flexibility index (Phi) is 9.02. The maximum absolute atomic E-state index is 7.32. The first-order valence-electron chi connectivity index (χ1n) is 5.48. The number of nitrogens with one attached hydrogen (secondary N) is 1. The fourth-order valence-corrected chi connectivity index (χ4v) is 1.41. The van der Waals surface area contributed by atoms with E-state index in [2.05, 4.69) is 6.92 Å². The summed E-state index contributed by atoms with van der Waals surface area (Å²) in [6.07, 6.45) is 10.6. The van der Waals surface area contributed by atoms with Gasteiger partial charge in [0.2, 0.25) is 0 Å². The molecule has 0 spiro atoms. The number of unbranched alkanes of at least 4 members (excludes halogenated alkanes) is 6. The van der Waals surface area contributed by atoms with Crippen LogP contribution in [-0.4, -0.2) is 6.04 Å². The minimum Gasteiger partial charge on any atom is -0.255 e. The van der Waals surface area contributed by atoms with E-state index < -0.39 is 0 Å². The molecule has 0 aliphatic rings. The zero-order valence-corrected chi connectivity index (χ0v) is 8.73. The van der Waals surface area contributed by atoms with Crippen LogP contribution in [0.3, 0.4) is 0 Å². The predicted octanol–water partition coefficient (Wildman–Crippen LogP) is 3.80. The van der Waals surface area contributed by atoms with E-state index in [0.717, 1.165) is 6.42 Å². The summed E-state index contributed by atoms with van der Waals surface area (Å²) in [6.45, 7) is 4.23. The van der Waals surface area contributed by atoms with Gasteiger partial charge in [0.15, 0.2) is 0 Å². The van der Waals surface area contributed by atoms with Gasteiger partial charge in [-0.2, -0.15) is 0 Å². The summed E-state index contributed by atoms with van der Waals surface area (Å²) in [5.74, 6) is 0. The molecule has 0 aromatic carbocycles. The van der Waals surface area contributed by atoms with E-state index in [0.29, 0.717) is 0 Å². The highest BCUT2D eigenvalue weighted by Gasteiger charge is 1.94. The van der Waals surface area contributed by atoms with Crippen molar-refractivity contribution in [3.8, 4) is 0 Å².